The van der Waals surface area contributed by atoms with E-state index in [1.807, 2.05) is 0 Å². The second-order valence-corrected chi connectivity index (χ2v) is 7.31. The van der Waals surface area contributed by atoms with Crippen molar-refractivity contribution >= 4 is 17.6 Å². The van der Waals surface area contributed by atoms with Crippen molar-refractivity contribution < 1.29 is 24.5 Å². The second-order valence-electron chi connectivity index (χ2n) is 7.31. The van der Waals surface area contributed by atoms with E-state index in [1.54, 1.807) is 38.1 Å². The Kier molecular flexibility index (Phi) is 4.46. The zero-order chi connectivity index (χ0) is 19.3. The predicted octanol–water partition coefficient (Wildman–Crippen LogP) is 0.237. The van der Waals surface area contributed by atoms with Gasteiger partial charge in [-0.3, -0.25) is 4.79 Å². The Morgan fingerprint density at radius 2 is 2.15 bits per heavy atom. The first-order chi connectivity index (χ1) is 12.1. The van der Waals surface area contributed by atoms with E-state index in [0.717, 1.165) is 0 Å². The molecule has 2 fully saturated rings. The van der Waals surface area contributed by atoms with Gasteiger partial charge in [0, 0.05) is 17.2 Å². The highest BCUT2D eigenvalue weighted by atomic mass is 16.6. The van der Waals surface area contributed by atoms with Crippen LogP contribution in [0.2, 0.25) is 0 Å². The molecule has 6 N–H and O–H groups in total. The molecule has 26 heavy (non-hydrogen) atoms. The number of alkyl carbamates (subject to hydrolysis) is 1. The van der Waals surface area contributed by atoms with Gasteiger partial charge in [0.15, 0.2) is 5.78 Å². The Hall–Kier alpha value is -2.16. The van der Waals surface area contributed by atoms with E-state index in [1.165, 1.54) is 6.92 Å². The molecule has 3 rings (SSSR count). The van der Waals surface area contributed by atoms with Crippen LogP contribution >= 0.6 is 0 Å². The van der Waals surface area contributed by atoms with Gasteiger partial charge < -0.3 is 31.3 Å². The van der Waals surface area contributed by atoms with Gasteiger partial charge in [0.2, 0.25) is 0 Å². The second kappa shape index (κ2) is 6.22. The molecular weight excluding hydrogens is 338 g/mol. The maximum absolute atomic E-state index is 11.8. The summed E-state index contributed by atoms with van der Waals surface area (Å²) in [5.74, 6) is -0.737. The fourth-order valence-corrected chi connectivity index (χ4v) is 4.48. The van der Waals surface area contributed by atoms with Crippen molar-refractivity contribution in [1.82, 2.24) is 5.32 Å². The van der Waals surface area contributed by atoms with E-state index < -0.39 is 41.3 Å². The van der Waals surface area contributed by atoms with E-state index in [9.17, 15) is 19.8 Å². The third kappa shape index (κ3) is 2.48. The van der Waals surface area contributed by atoms with Crippen LogP contribution in [0.4, 0.5) is 10.5 Å². The van der Waals surface area contributed by atoms with Crippen molar-refractivity contribution in [3.8, 4) is 0 Å². The largest absolute Gasteiger partial charge is 0.444 e. The van der Waals surface area contributed by atoms with Gasteiger partial charge in [-0.1, -0.05) is 12.1 Å². The Morgan fingerprint density at radius 1 is 1.46 bits per heavy atom. The Morgan fingerprint density at radius 3 is 2.69 bits per heavy atom. The van der Waals surface area contributed by atoms with Crippen LogP contribution in [0.15, 0.2) is 24.3 Å². The van der Waals surface area contributed by atoms with Gasteiger partial charge in [-0.2, -0.15) is 0 Å². The summed E-state index contributed by atoms with van der Waals surface area (Å²) in [7, 11) is 0. The van der Waals surface area contributed by atoms with Gasteiger partial charge in [0.05, 0.1) is 24.3 Å². The highest BCUT2D eigenvalue weighted by Crippen LogP contribution is 2.48. The fraction of sp³-hybridized carbons (Fsp3) is 0.556. The number of aliphatic hydroxyl groups is 2. The lowest BCUT2D eigenvalue weighted by molar-refractivity contribution is -0.0770. The number of benzene rings is 1. The number of ether oxygens (including phenoxy) is 1. The highest BCUT2D eigenvalue weighted by molar-refractivity contribution is 5.94. The summed E-state index contributed by atoms with van der Waals surface area (Å²) in [6.45, 7) is 4.35. The molecule has 0 bridgehead atoms. The Balaban J connectivity index is 1.98. The number of hydrogen-bond acceptors (Lipinski definition) is 7. The number of rotatable bonds is 4. The number of cyclic esters (lactones) is 1. The molecule has 142 valence electrons. The fourth-order valence-electron chi connectivity index (χ4n) is 4.48. The van der Waals surface area contributed by atoms with Crippen LogP contribution in [0.1, 0.15) is 31.1 Å². The van der Waals surface area contributed by atoms with Crippen LogP contribution in [-0.4, -0.2) is 58.0 Å². The number of nitrogens with two attached hydrogens (primary N) is 1. The smallest absolute Gasteiger partial charge is 0.408 e. The summed E-state index contributed by atoms with van der Waals surface area (Å²) in [5.41, 5.74) is 4.89. The number of hydrogen-bond donors (Lipinski definition) is 5. The van der Waals surface area contributed by atoms with Crippen LogP contribution < -0.4 is 16.4 Å². The molecule has 0 aromatic heterocycles. The normalized spacial score (nSPS) is 38.9. The number of Topliss-reactive ketones (excluding diaryl/α,β-unsaturated/α-hetero) is 1. The summed E-state index contributed by atoms with van der Waals surface area (Å²) < 4.78 is 5.20. The number of carbonyl (C=O) groups excluding carboxylic acids is 2. The monoisotopic (exact) mass is 363 g/mol. The molecular formula is C18H25N3O5. The van der Waals surface area contributed by atoms with Crippen LogP contribution in [0, 0.1) is 5.92 Å². The molecule has 8 heteroatoms. The SMILES string of the molecule is CC(=O)c1cccc(N[C@H]2[C@H](N)[C@]3(NC(=O)O[C@H]3C)[C@@](C)(O)[C@H]2CO)c1. The molecule has 1 aromatic rings. The van der Waals surface area contributed by atoms with Crippen LogP contribution in [0.3, 0.4) is 0 Å². The lowest BCUT2D eigenvalue weighted by atomic mass is 9.75. The molecule has 8 nitrogen and oxygen atoms in total. The van der Waals surface area contributed by atoms with Gasteiger partial charge >= 0.3 is 6.09 Å². The van der Waals surface area contributed by atoms with Gasteiger partial charge in [-0.15, -0.1) is 0 Å². The average molecular weight is 363 g/mol. The third-order valence-electron chi connectivity index (χ3n) is 5.94. The maximum Gasteiger partial charge on any atom is 0.408 e. The van der Waals surface area contributed by atoms with E-state index in [2.05, 4.69) is 10.6 Å². The standard InChI is InChI=1S/C18H25N3O5/c1-9(23)11-5-4-6-12(7-11)20-14-13(8-22)17(3,25)18(15(14)19)10(2)26-16(24)21-18/h4-7,10,13-15,20,22,25H,8,19H2,1-3H3,(H,21,24)/t10-,13-,14+,15-,17-,18-/m0/s1. The molecule has 1 aromatic carbocycles. The first-order valence-electron chi connectivity index (χ1n) is 8.60. The van der Waals surface area contributed by atoms with Crippen LogP contribution in [0.25, 0.3) is 0 Å². The van der Waals surface area contributed by atoms with Crippen molar-refractivity contribution in [2.24, 2.45) is 11.7 Å². The van der Waals surface area contributed by atoms with Crippen molar-refractivity contribution in [1.29, 1.82) is 0 Å². The van der Waals surface area contributed by atoms with Crippen molar-refractivity contribution in [3.05, 3.63) is 29.8 Å². The number of amides is 1. The van der Waals surface area contributed by atoms with Crippen molar-refractivity contribution in [2.75, 3.05) is 11.9 Å². The van der Waals surface area contributed by atoms with Crippen LogP contribution in [0.5, 0.6) is 0 Å². The number of anilines is 1. The molecule has 1 heterocycles. The summed E-state index contributed by atoms with van der Waals surface area (Å²) in [4.78, 5) is 23.4. The molecule has 1 aliphatic heterocycles. The van der Waals surface area contributed by atoms with Gasteiger partial charge in [-0.05, 0) is 32.9 Å². The molecule has 1 aliphatic carbocycles. The summed E-state index contributed by atoms with van der Waals surface area (Å²) in [6.07, 6.45) is -1.33. The first-order valence-corrected chi connectivity index (χ1v) is 8.60. The highest BCUT2D eigenvalue weighted by Gasteiger charge is 2.71. The summed E-state index contributed by atoms with van der Waals surface area (Å²) >= 11 is 0. The number of carbonyl (C=O) groups is 2. The molecule has 0 radical (unpaired) electrons. The molecule has 2 aliphatic rings. The third-order valence-corrected chi connectivity index (χ3v) is 5.94. The molecule has 6 atom stereocenters. The van der Waals surface area contributed by atoms with Gasteiger partial charge in [0.25, 0.3) is 0 Å². The molecule has 1 spiro atoms. The van der Waals surface area contributed by atoms with Crippen molar-refractivity contribution in [3.63, 3.8) is 0 Å². The minimum Gasteiger partial charge on any atom is -0.444 e. The van der Waals surface area contributed by atoms with Gasteiger partial charge in [-0.25, -0.2) is 4.79 Å². The average Bonchev–Trinajstić information content (AvgIpc) is 2.96. The van der Waals surface area contributed by atoms with Crippen LogP contribution in [-0.2, 0) is 4.74 Å². The summed E-state index contributed by atoms with van der Waals surface area (Å²) in [5, 5.41) is 27.1. The van der Waals surface area contributed by atoms with E-state index >= 15 is 0 Å². The van der Waals surface area contributed by atoms with Crippen molar-refractivity contribution in [2.45, 2.75) is 50.1 Å². The Bertz CT molecular complexity index is 737. The lowest BCUT2D eigenvalue weighted by Crippen LogP contribution is -2.69. The minimum absolute atomic E-state index is 0.0726. The number of ketones is 1. The zero-order valence-corrected chi connectivity index (χ0v) is 15.0. The van der Waals surface area contributed by atoms with E-state index in [4.69, 9.17) is 10.5 Å². The lowest BCUT2D eigenvalue weighted by Gasteiger charge is -2.41. The summed E-state index contributed by atoms with van der Waals surface area (Å²) in [6, 6.07) is 5.62. The minimum atomic E-state index is -1.51. The molecule has 1 saturated heterocycles. The van der Waals surface area contributed by atoms with Gasteiger partial charge in [0.1, 0.15) is 11.6 Å². The van der Waals surface area contributed by atoms with E-state index in [-0.39, 0.29) is 12.4 Å². The number of nitrogens with one attached hydrogen (secondary N) is 2. The molecule has 1 saturated carbocycles. The Labute approximate surface area is 151 Å². The molecule has 0 unspecified atom stereocenters. The van der Waals surface area contributed by atoms with E-state index in [0.29, 0.717) is 11.3 Å². The topological polar surface area (TPSA) is 134 Å². The number of aliphatic hydroxyl groups excluding tert-OH is 1. The first kappa shape index (κ1) is 18.6. The predicted molar refractivity (Wildman–Crippen MR) is 94.8 cm³/mol. The quantitative estimate of drug-likeness (QED) is 0.484. The zero-order valence-electron chi connectivity index (χ0n) is 15.0. The molecule has 1 amide bonds. The maximum atomic E-state index is 11.8.